The molecule has 0 aliphatic rings. The summed E-state index contributed by atoms with van der Waals surface area (Å²) in [5, 5.41) is 3.58. The molecular weight excluding hydrogens is 348 g/mol. The maximum atomic E-state index is 7.25. The molecule has 0 atom stereocenters. The van der Waals surface area contributed by atoms with Crippen molar-refractivity contribution in [1.29, 1.82) is 0 Å². The Hall–Kier alpha value is -2.90. The first kappa shape index (κ1) is 17.5. The highest BCUT2D eigenvalue weighted by Gasteiger charge is 2.24. The zero-order valence-corrected chi connectivity index (χ0v) is 17.4. The molecule has 0 spiro atoms. The molecule has 0 unspecified atom stereocenters. The number of furan rings is 1. The maximum absolute atomic E-state index is 7.25. The second-order valence-electron chi connectivity index (χ2n) is 8.19. The molecule has 0 N–H and O–H groups in total. The Kier molecular flexibility index (Phi) is 3.94. The van der Waals surface area contributed by atoms with Crippen molar-refractivity contribution in [1.82, 2.24) is 0 Å². The minimum atomic E-state index is -1.37. The zero-order valence-electron chi connectivity index (χ0n) is 16.4. The number of pyridine rings is 1. The lowest BCUT2D eigenvalue weighted by molar-refractivity contribution is -0.659. The number of hydrogen-bond donors (Lipinski definition) is 0. The van der Waals surface area contributed by atoms with E-state index < -0.39 is 8.07 Å². The fraction of sp³-hybridized carbons (Fsp3) is 0.217. The summed E-state index contributed by atoms with van der Waals surface area (Å²) in [6.45, 7) is 16.5. The fourth-order valence-electron chi connectivity index (χ4n) is 3.63. The predicted molar refractivity (Wildman–Crippen MR) is 114 cm³/mol. The Labute approximate surface area is 160 Å². The first-order chi connectivity index (χ1) is 12.8. The van der Waals surface area contributed by atoms with Crippen molar-refractivity contribution in [2.45, 2.75) is 26.6 Å². The molecule has 27 heavy (non-hydrogen) atoms. The molecule has 0 radical (unpaired) electrons. The van der Waals surface area contributed by atoms with Crippen LogP contribution in [-0.2, 0) is 7.05 Å². The summed E-state index contributed by atoms with van der Waals surface area (Å²) in [5.41, 5.74) is 5.71. The van der Waals surface area contributed by atoms with Crippen molar-refractivity contribution in [2.75, 3.05) is 0 Å². The third-order valence-corrected chi connectivity index (χ3v) is 7.25. The molecule has 2 aromatic carbocycles. The lowest BCUT2D eigenvalue weighted by Crippen LogP contribution is -2.45. The number of rotatable bonds is 2. The van der Waals surface area contributed by atoms with E-state index in [2.05, 4.69) is 73.5 Å². The van der Waals surface area contributed by atoms with E-state index in [1.54, 1.807) is 0 Å². The summed E-state index contributed by atoms with van der Waals surface area (Å²) in [7, 11) is 0.743. The van der Waals surface area contributed by atoms with Gasteiger partial charge in [0, 0.05) is 22.0 Å². The van der Waals surface area contributed by atoms with Gasteiger partial charge in [0.05, 0.1) is 20.2 Å². The molecule has 0 saturated heterocycles. The van der Waals surface area contributed by atoms with E-state index in [-0.39, 0.29) is 0 Å². The molecule has 0 fully saturated rings. The molecule has 4 rings (SSSR count). The molecule has 0 aliphatic carbocycles. The standard InChI is InChI=1S/C23H23N2OSi/c1-15-7-10-19-18-11-8-16(24-2)13-21(18)26-23(19)22(15)20-12-9-17(14-25(20)3)27(4,5)6/h7-14H,1,3-6H3/q+1. The van der Waals surface area contributed by atoms with Crippen LogP contribution in [-0.4, -0.2) is 8.07 Å². The van der Waals surface area contributed by atoms with Crippen molar-refractivity contribution in [3.05, 3.63) is 65.6 Å². The summed E-state index contributed by atoms with van der Waals surface area (Å²) < 4.78 is 8.48. The molecule has 0 aliphatic heterocycles. The van der Waals surface area contributed by atoms with Gasteiger partial charge >= 0.3 is 0 Å². The van der Waals surface area contributed by atoms with E-state index >= 15 is 0 Å². The van der Waals surface area contributed by atoms with Crippen LogP contribution < -0.4 is 9.75 Å². The Bertz CT molecular complexity index is 1240. The van der Waals surface area contributed by atoms with Gasteiger partial charge in [0.1, 0.15) is 18.2 Å². The van der Waals surface area contributed by atoms with Gasteiger partial charge in [-0.05, 0) is 18.6 Å². The summed E-state index contributed by atoms with van der Waals surface area (Å²) in [4.78, 5) is 3.53. The van der Waals surface area contributed by atoms with E-state index in [1.807, 2.05) is 18.2 Å². The van der Waals surface area contributed by atoms with Crippen molar-refractivity contribution in [3.63, 3.8) is 0 Å². The van der Waals surface area contributed by atoms with Crippen LogP contribution in [0.15, 0.2) is 53.1 Å². The highest BCUT2D eigenvalue weighted by Crippen LogP contribution is 2.37. The summed E-state index contributed by atoms with van der Waals surface area (Å²) in [5.74, 6) is 0. The molecule has 4 heteroatoms. The average Bonchev–Trinajstić information content (AvgIpc) is 2.98. The Morgan fingerprint density at radius 3 is 2.41 bits per heavy atom. The highest BCUT2D eigenvalue weighted by atomic mass is 28.3. The molecule has 134 valence electrons. The summed E-state index contributed by atoms with van der Waals surface area (Å²) >= 11 is 0. The van der Waals surface area contributed by atoms with Crippen molar-refractivity contribution in [3.8, 4) is 11.3 Å². The van der Waals surface area contributed by atoms with Gasteiger partial charge in [-0.2, -0.15) is 0 Å². The molecule has 0 bridgehead atoms. The van der Waals surface area contributed by atoms with Gasteiger partial charge in [0.25, 0.3) is 0 Å². The van der Waals surface area contributed by atoms with Gasteiger partial charge in [0.15, 0.2) is 11.9 Å². The second kappa shape index (κ2) is 6.07. The third-order valence-electron chi connectivity index (χ3n) is 5.22. The number of fused-ring (bicyclic) bond motifs is 3. The zero-order chi connectivity index (χ0) is 19.3. The summed E-state index contributed by atoms with van der Waals surface area (Å²) in [6, 6.07) is 14.4. The molecule has 2 aromatic heterocycles. The van der Waals surface area contributed by atoms with E-state index in [1.165, 1.54) is 10.8 Å². The topological polar surface area (TPSA) is 21.4 Å². The van der Waals surface area contributed by atoms with Crippen LogP contribution >= 0.6 is 0 Å². The lowest BCUT2D eigenvalue weighted by atomic mass is 10.0. The molecule has 2 heterocycles. The maximum Gasteiger partial charge on any atom is 0.216 e. The first-order valence-corrected chi connectivity index (χ1v) is 12.6. The summed E-state index contributed by atoms with van der Waals surface area (Å²) in [6.07, 6.45) is 2.26. The molecule has 0 amide bonds. The second-order valence-corrected chi connectivity index (χ2v) is 13.3. The molecule has 0 saturated carbocycles. The number of aromatic nitrogens is 1. The largest absolute Gasteiger partial charge is 0.456 e. The molecule has 4 aromatic rings. The SMILES string of the molecule is [C-]#[N+]c1ccc2c(c1)oc1c(-c3ccc([Si](C)(C)C)c[n+]3C)c(C)ccc12. The van der Waals surface area contributed by atoms with Gasteiger partial charge in [-0.25, -0.2) is 9.41 Å². The van der Waals surface area contributed by atoms with Crippen molar-refractivity contribution in [2.24, 2.45) is 7.05 Å². The van der Waals surface area contributed by atoms with Gasteiger partial charge < -0.3 is 4.42 Å². The number of nitrogens with zero attached hydrogens (tertiary/aromatic N) is 2. The van der Waals surface area contributed by atoms with Crippen LogP contribution in [0.2, 0.25) is 19.6 Å². The number of hydrogen-bond acceptors (Lipinski definition) is 1. The lowest BCUT2D eigenvalue weighted by Gasteiger charge is -2.15. The first-order valence-electron chi connectivity index (χ1n) is 9.13. The average molecular weight is 372 g/mol. The van der Waals surface area contributed by atoms with Crippen molar-refractivity contribution >= 4 is 40.9 Å². The van der Waals surface area contributed by atoms with E-state index in [9.17, 15) is 0 Å². The van der Waals surface area contributed by atoms with Crippen molar-refractivity contribution < 1.29 is 8.98 Å². The quantitative estimate of drug-likeness (QED) is 0.260. The van der Waals surface area contributed by atoms with Crippen LogP contribution in [0.4, 0.5) is 5.69 Å². The van der Waals surface area contributed by atoms with E-state index in [4.69, 9.17) is 11.0 Å². The molecule has 3 nitrogen and oxygen atoms in total. The van der Waals surface area contributed by atoms with Gasteiger partial charge in [-0.1, -0.05) is 50.0 Å². The van der Waals surface area contributed by atoms with Gasteiger partial charge in [-0.3, -0.25) is 0 Å². The monoisotopic (exact) mass is 371 g/mol. The Balaban J connectivity index is 2.02. The van der Waals surface area contributed by atoms with Crippen LogP contribution in [0.1, 0.15) is 5.56 Å². The minimum absolute atomic E-state index is 0.602. The normalized spacial score (nSPS) is 11.9. The predicted octanol–water partition coefficient (Wildman–Crippen LogP) is 5.48. The minimum Gasteiger partial charge on any atom is -0.456 e. The van der Waals surface area contributed by atoms with Crippen LogP contribution in [0.25, 0.3) is 38.0 Å². The third kappa shape index (κ3) is 2.85. The number of aryl methyl sites for hydroxylation is 2. The Morgan fingerprint density at radius 1 is 1.00 bits per heavy atom. The highest BCUT2D eigenvalue weighted by molar-refractivity contribution is 6.88. The van der Waals surface area contributed by atoms with Gasteiger partial charge in [0.2, 0.25) is 5.69 Å². The fourth-order valence-corrected chi connectivity index (χ4v) is 4.79. The van der Waals surface area contributed by atoms with Gasteiger partial charge in [-0.15, -0.1) is 0 Å². The van der Waals surface area contributed by atoms with Crippen LogP contribution in [0, 0.1) is 13.5 Å². The molecular formula is C23H23N2OSi+. The van der Waals surface area contributed by atoms with E-state index in [0.717, 1.165) is 33.2 Å². The Morgan fingerprint density at radius 2 is 1.74 bits per heavy atom. The van der Waals surface area contributed by atoms with Crippen LogP contribution in [0.3, 0.4) is 0 Å². The smallest absolute Gasteiger partial charge is 0.216 e. The van der Waals surface area contributed by atoms with Crippen LogP contribution in [0.5, 0.6) is 0 Å². The number of benzene rings is 2. The van der Waals surface area contributed by atoms with E-state index in [0.29, 0.717) is 5.69 Å².